The molecular weight excluding hydrogens is 346 g/mol. The van der Waals surface area contributed by atoms with Gasteiger partial charge in [0.15, 0.2) is 0 Å². The Morgan fingerprint density at radius 1 is 1.43 bits per heavy atom. The average molecular weight is 372 g/mol. The summed E-state index contributed by atoms with van der Waals surface area (Å²) in [6.07, 6.45) is 4.46. The van der Waals surface area contributed by atoms with Crippen LogP contribution in [-0.4, -0.2) is 19.3 Å². The quantitative estimate of drug-likeness (QED) is 0.722. The van der Waals surface area contributed by atoms with Gasteiger partial charge in [0.05, 0.1) is 12.7 Å². The van der Waals surface area contributed by atoms with Crippen LogP contribution in [0.3, 0.4) is 0 Å². The van der Waals surface area contributed by atoms with Gasteiger partial charge < -0.3 is 10.1 Å². The van der Waals surface area contributed by atoms with Crippen molar-refractivity contribution in [2.45, 2.75) is 52.7 Å². The lowest BCUT2D eigenvalue weighted by Crippen LogP contribution is -2.38. The van der Waals surface area contributed by atoms with Crippen LogP contribution in [0.5, 0.6) is 0 Å². The standard InChI is InChI=1S/C17H26BrNOS/c1-16(2)12-4-5-17(16,3)15(8-12)20-7-6-19-10-14-9-13(18)11-21-14/h9,11-12,15,19H,4-8,10H2,1-3H3. The van der Waals surface area contributed by atoms with E-state index >= 15 is 0 Å². The van der Waals surface area contributed by atoms with Crippen molar-refractivity contribution in [3.63, 3.8) is 0 Å². The topological polar surface area (TPSA) is 21.3 Å². The van der Waals surface area contributed by atoms with E-state index in [1.807, 2.05) is 0 Å². The molecule has 2 aliphatic carbocycles. The second kappa shape index (κ2) is 5.95. The van der Waals surface area contributed by atoms with Crippen LogP contribution in [0.2, 0.25) is 0 Å². The third kappa shape index (κ3) is 2.85. The van der Waals surface area contributed by atoms with Gasteiger partial charge in [-0.1, -0.05) is 20.8 Å². The number of rotatable bonds is 6. The predicted molar refractivity (Wildman–Crippen MR) is 92.7 cm³/mol. The maximum absolute atomic E-state index is 6.25. The molecule has 2 bridgehead atoms. The number of halogens is 1. The van der Waals surface area contributed by atoms with E-state index < -0.39 is 0 Å². The summed E-state index contributed by atoms with van der Waals surface area (Å²) in [5.74, 6) is 0.865. The lowest BCUT2D eigenvalue weighted by atomic mass is 9.70. The Morgan fingerprint density at radius 3 is 2.81 bits per heavy atom. The highest BCUT2D eigenvalue weighted by molar-refractivity contribution is 9.10. The van der Waals surface area contributed by atoms with Crippen LogP contribution in [0.4, 0.5) is 0 Å². The smallest absolute Gasteiger partial charge is 0.0637 e. The van der Waals surface area contributed by atoms with Gasteiger partial charge in [-0.15, -0.1) is 11.3 Å². The number of fused-ring (bicyclic) bond motifs is 2. The monoisotopic (exact) mass is 371 g/mol. The highest BCUT2D eigenvalue weighted by atomic mass is 79.9. The molecule has 0 spiro atoms. The van der Waals surface area contributed by atoms with Gasteiger partial charge in [0.1, 0.15) is 0 Å². The molecule has 1 heterocycles. The van der Waals surface area contributed by atoms with Crippen LogP contribution in [0.15, 0.2) is 15.9 Å². The molecule has 3 unspecified atom stereocenters. The molecule has 21 heavy (non-hydrogen) atoms. The Hall–Kier alpha value is 0.1000. The van der Waals surface area contributed by atoms with E-state index in [-0.39, 0.29) is 0 Å². The number of thiophene rings is 1. The van der Waals surface area contributed by atoms with Crippen LogP contribution >= 0.6 is 27.3 Å². The molecule has 2 nitrogen and oxygen atoms in total. The van der Waals surface area contributed by atoms with Crippen molar-refractivity contribution in [1.82, 2.24) is 5.32 Å². The van der Waals surface area contributed by atoms with Gasteiger partial charge in [-0.25, -0.2) is 0 Å². The van der Waals surface area contributed by atoms with E-state index in [9.17, 15) is 0 Å². The minimum Gasteiger partial charge on any atom is -0.376 e. The van der Waals surface area contributed by atoms with Gasteiger partial charge in [-0.2, -0.15) is 0 Å². The fourth-order valence-corrected chi connectivity index (χ4v) is 5.73. The summed E-state index contributed by atoms with van der Waals surface area (Å²) in [5.41, 5.74) is 0.838. The number of hydrogen-bond acceptors (Lipinski definition) is 3. The van der Waals surface area contributed by atoms with Crippen LogP contribution in [0, 0.1) is 16.7 Å². The molecule has 118 valence electrons. The Kier molecular flexibility index (Phi) is 4.53. The first-order valence-corrected chi connectivity index (χ1v) is 9.66. The SMILES string of the molecule is CC1(C)C2CCC1(C)C(OCCNCc1cc(Br)cs1)C2. The Balaban J connectivity index is 1.41. The fraction of sp³-hybridized carbons (Fsp3) is 0.765. The van der Waals surface area contributed by atoms with Gasteiger partial charge >= 0.3 is 0 Å². The molecule has 0 aliphatic heterocycles. The zero-order chi connectivity index (χ0) is 15.1. The second-order valence-corrected chi connectivity index (χ2v) is 9.29. The molecule has 2 saturated carbocycles. The molecule has 4 heteroatoms. The average Bonchev–Trinajstić information content (AvgIpc) is 2.99. The molecule has 0 radical (unpaired) electrons. The summed E-state index contributed by atoms with van der Waals surface area (Å²) in [5, 5.41) is 5.61. The van der Waals surface area contributed by atoms with E-state index in [2.05, 4.69) is 53.5 Å². The van der Waals surface area contributed by atoms with E-state index in [0.717, 1.165) is 25.6 Å². The van der Waals surface area contributed by atoms with E-state index in [1.54, 1.807) is 11.3 Å². The molecule has 2 fully saturated rings. The zero-order valence-electron chi connectivity index (χ0n) is 13.2. The van der Waals surface area contributed by atoms with E-state index in [1.165, 1.54) is 28.6 Å². The van der Waals surface area contributed by atoms with E-state index in [0.29, 0.717) is 16.9 Å². The van der Waals surface area contributed by atoms with Gasteiger partial charge in [-0.3, -0.25) is 0 Å². The molecule has 2 aliphatic rings. The largest absolute Gasteiger partial charge is 0.376 e. The fourth-order valence-electron chi connectivity index (χ4n) is 4.31. The molecule has 1 N–H and O–H groups in total. The molecular formula is C17H26BrNOS. The molecule has 0 amide bonds. The minimum absolute atomic E-state index is 0.385. The third-order valence-electron chi connectivity index (χ3n) is 6.23. The molecule has 0 saturated heterocycles. The Bertz CT molecular complexity index is 501. The summed E-state index contributed by atoms with van der Waals surface area (Å²) in [4.78, 5) is 1.37. The predicted octanol–water partition coefficient (Wildman–Crippen LogP) is 4.83. The van der Waals surface area contributed by atoms with Crippen LogP contribution in [0.1, 0.15) is 44.9 Å². The van der Waals surface area contributed by atoms with Crippen LogP contribution in [0.25, 0.3) is 0 Å². The summed E-state index contributed by atoms with van der Waals surface area (Å²) < 4.78 is 7.43. The summed E-state index contributed by atoms with van der Waals surface area (Å²) in [6.45, 7) is 10.0. The van der Waals surface area contributed by atoms with Gasteiger partial charge in [0.2, 0.25) is 0 Å². The van der Waals surface area contributed by atoms with Crippen molar-refractivity contribution >= 4 is 27.3 Å². The van der Waals surface area contributed by atoms with Crippen molar-refractivity contribution in [2.75, 3.05) is 13.2 Å². The third-order valence-corrected chi connectivity index (χ3v) is 7.93. The first-order chi connectivity index (χ1) is 9.93. The maximum Gasteiger partial charge on any atom is 0.0637 e. The Morgan fingerprint density at radius 2 is 2.24 bits per heavy atom. The minimum atomic E-state index is 0.385. The highest BCUT2D eigenvalue weighted by Gasteiger charge is 2.61. The molecule has 1 aromatic rings. The number of nitrogens with one attached hydrogen (secondary N) is 1. The van der Waals surface area contributed by atoms with Crippen molar-refractivity contribution in [3.8, 4) is 0 Å². The highest BCUT2D eigenvalue weighted by Crippen LogP contribution is 2.66. The molecule has 3 atom stereocenters. The second-order valence-electron chi connectivity index (χ2n) is 7.38. The van der Waals surface area contributed by atoms with Crippen molar-refractivity contribution in [1.29, 1.82) is 0 Å². The number of ether oxygens (including phenoxy) is 1. The summed E-state index contributed by atoms with van der Waals surface area (Å²) in [7, 11) is 0. The van der Waals surface area contributed by atoms with Crippen molar-refractivity contribution < 1.29 is 4.74 Å². The van der Waals surface area contributed by atoms with Crippen molar-refractivity contribution in [3.05, 3.63) is 20.8 Å². The first kappa shape index (κ1) is 16.0. The molecule has 3 rings (SSSR count). The summed E-state index contributed by atoms with van der Waals surface area (Å²) >= 11 is 5.28. The molecule has 0 aromatic carbocycles. The lowest BCUT2D eigenvalue weighted by molar-refractivity contribution is -0.0450. The number of hydrogen-bond donors (Lipinski definition) is 1. The Labute approximate surface area is 140 Å². The van der Waals surface area contributed by atoms with Crippen LogP contribution in [-0.2, 0) is 11.3 Å². The van der Waals surface area contributed by atoms with Crippen molar-refractivity contribution in [2.24, 2.45) is 16.7 Å². The van der Waals surface area contributed by atoms with Crippen LogP contribution < -0.4 is 5.32 Å². The normalized spacial score (nSPS) is 33.7. The first-order valence-electron chi connectivity index (χ1n) is 7.99. The van der Waals surface area contributed by atoms with Gasteiger partial charge in [0.25, 0.3) is 0 Å². The lowest BCUT2D eigenvalue weighted by Gasteiger charge is -2.38. The molecule has 1 aromatic heterocycles. The van der Waals surface area contributed by atoms with E-state index in [4.69, 9.17) is 4.74 Å². The van der Waals surface area contributed by atoms with Gasteiger partial charge in [0, 0.05) is 27.8 Å². The maximum atomic E-state index is 6.25. The van der Waals surface area contributed by atoms with Gasteiger partial charge in [-0.05, 0) is 58.0 Å². The zero-order valence-corrected chi connectivity index (χ0v) is 15.6. The summed E-state index contributed by atoms with van der Waals surface area (Å²) in [6, 6.07) is 2.18.